The minimum atomic E-state index is 0.862. The van der Waals surface area contributed by atoms with Crippen LogP contribution in [-0.4, -0.2) is 0 Å². The summed E-state index contributed by atoms with van der Waals surface area (Å²) in [5.41, 5.74) is 0. The molecule has 2 fully saturated rings. The van der Waals surface area contributed by atoms with E-state index in [2.05, 4.69) is 43.9 Å². The second kappa shape index (κ2) is 10.9. The lowest BCUT2D eigenvalue weighted by Crippen LogP contribution is -2.14. The molecule has 0 aromatic heterocycles. The molecule has 0 atom stereocenters. The quantitative estimate of drug-likeness (QED) is 0.407. The topological polar surface area (TPSA) is 0 Å². The molecule has 2 aliphatic rings. The van der Waals surface area contributed by atoms with Gasteiger partial charge in [0.1, 0.15) is 0 Å². The van der Waals surface area contributed by atoms with Crippen molar-refractivity contribution in [2.45, 2.75) is 84.0 Å². The van der Waals surface area contributed by atoms with E-state index >= 15 is 0 Å². The highest BCUT2D eigenvalue weighted by atomic mass is 14.3. The van der Waals surface area contributed by atoms with E-state index in [1.807, 2.05) is 0 Å². The molecule has 2 saturated carbocycles. The summed E-state index contributed by atoms with van der Waals surface area (Å²) >= 11 is 0. The van der Waals surface area contributed by atoms with Gasteiger partial charge in [-0.05, 0) is 82.0 Å². The first-order chi connectivity index (χ1) is 11.3. The van der Waals surface area contributed by atoms with Crippen molar-refractivity contribution >= 4 is 0 Å². The van der Waals surface area contributed by atoms with Gasteiger partial charge in [-0.1, -0.05) is 56.1 Å². The highest BCUT2D eigenvalue weighted by Gasteiger charge is 2.20. The predicted octanol–water partition coefficient (Wildman–Crippen LogP) is 7.48. The molecule has 0 nitrogen and oxygen atoms in total. The van der Waals surface area contributed by atoms with Crippen LogP contribution in [0.5, 0.6) is 0 Å². The average Bonchev–Trinajstić information content (AvgIpc) is 2.59. The van der Waals surface area contributed by atoms with Gasteiger partial charge in [0.25, 0.3) is 0 Å². The zero-order chi connectivity index (χ0) is 16.3. The largest absolute Gasteiger partial charge is 0.103 e. The van der Waals surface area contributed by atoms with Gasteiger partial charge >= 0.3 is 0 Å². The van der Waals surface area contributed by atoms with E-state index in [0.717, 1.165) is 23.7 Å². The summed E-state index contributed by atoms with van der Waals surface area (Å²) in [5, 5.41) is 0. The van der Waals surface area contributed by atoms with Crippen LogP contribution in [0, 0.1) is 23.7 Å². The van der Waals surface area contributed by atoms with E-state index in [9.17, 15) is 0 Å². The molecule has 0 amide bonds. The second-order valence-corrected chi connectivity index (χ2v) is 7.96. The van der Waals surface area contributed by atoms with E-state index in [-0.39, 0.29) is 0 Å². The summed E-state index contributed by atoms with van der Waals surface area (Å²) in [4.78, 5) is 0. The zero-order valence-corrected chi connectivity index (χ0v) is 15.4. The Bertz CT molecular complexity index is 359. The third kappa shape index (κ3) is 7.10. The van der Waals surface area contributed by atoms with Crippen molar-refractivity contribution in [2.75, 3.05) is 0 Å². The van der Waals surface area contributed by atoms with Crippen LogP contribution in [0.4, 0.5) is 0 Å². The van der Waals surface area contributed by atoms with E-state index in [4.69, 9.17) is 0 Å². The molecule has 0 saturated heterocycles. The molecule has 2 aliphatic carbocycles. The smallest absolute Gasteiger partial charge is 0.0233 e. The first-order valence-electron chi connectivity index (χ1n) is 10.2. The Morgan fingerprint density at radius 1 is 0.739 bits per heavy atom. The highest BCUT2D eigenvalue weighted by Crippen LogP contribution is 2.34. The van der Waals surface area contributed by atoms with Crippen LogP contribution in [0.25, 0.3) is 0 Å². The highest BCUT2D eigenvalue weighted by molar-refractivity contribution is 4.95. The Balaban J connectivity index is 1.55. The van der Waals surface area contributed by atoms with Crippen LogP contribution < -0.4 is 0 Å². The van der Waals surface area contributed by atoms with Gasteiger partial charge in [0.05, 0.1) is 0 Å². The standard InChI is InChI=1S/C23H38/c1-3-5-9-21-16-18-23(19-17-21)11-7-6-10-22-14-12-20(8-4-2)13-15-22/h3-4,6,8,10,20-23H,1,5,7,9,11-19H2,2H3/b8-4+,10-6+/t20-,21-,22-,23-. The maximum Gasteiger partial charge on any atom is -0.0233 e. The Kier molecular flexibility index (Phi) is 8.79. The lowest BCUT2D eigenvalue weighted by molar-refractivity contribution is 0.255. The SMILES string of the molecule is C=CCC[C@H]1CC[C@H](CC/C=C/[C@H]2CC[C@H](/C=C/C)CC2)CC1. The Labute approximate surface area is 145 Å². The van der Waals surface area contributed by atoms with Gasteiger partial charge in [-0.3, -0.25) is 0 Å². The van der Waals surface area contributed by atoms with Crippen LogP contribution in [0.1, 0.15) is 84.0 Å². The molecule has 0 aliphatic heterocycles. The van der Waals surface area contributed by atoms with Crippen molar-refractivity contribution in [3.8, 4) is 0 Å². The van der Waals surface area contributed by atoms with Crippen molar-refractivity contribution in [2.24, 2.45) is 23.7 Å². The molecule has 0 aromatic rings. The maximum atomic E-state index is 3.85. The predicted molar refractivity (Wildman–Crippen MR) is 104 cm³/mol. The number of rotatable bonds is 8. The van der Waals surface area contributed by atoms with Crippen molar-refractivity contribution in [3.63, 3.8) is 0 Å². The molecule has 0 spiro atoms. The lowest BCUT2D eigenvalue weighted by atomic mass is 9.78. The van der Waals surface area contributed by atoms with Crippen LogP contribution in [0.15, 0.2) is 37.0 Å². The fraction of sp³-hybridized carbons (Fsp3) is 0.739. The number of allylic oxidation sites excluding steroid dienone is 5. The summed E-state index contributed by atoms with van der Waals surface area (Å²) in [6, 6.07) is 0. The Hall–Kier alpha value is -0.780. The molecular weight excluding hydrogens is 276 g/mol. The van der Waals surface area contributed by atoms with Gasteiger partial charge in [0.15, 0.2) is 0 Å². The zero-order valence-electron chi connectivity index (χ0n) is 15.4. The molecule has 0 unspecified atom stereocenters. The summed E-state index contributed by atoms with van der Waals surface area (Å²) in [7, 11) is 0. The third-order valence-electron chi connectivity index (χ3n) is 6.18. The Morgan fingerprint density at radius 2 is 1.26 bits per heavy atom. The summed E-state index contributed by atoms with van der Waals surface area (Å²) in [6.07, 6.45) is 28.6. The molecule has 0 radical (unpaired) electrons. The van der Waals surface area contributed by atoms with Crippen LogP contribution in [0.2, 0.25) is 0 Å². The number of hydrogen-bond donors (Lipinski definition) is 0. The molecular formula is C23H38. The fourth-order valence-electron chi connectivity index (χ4n) is 4.59. The lowest BCUT2D eigenvalue weighted by Gasteiger charge is -2.28. The van der Waals surface area contributed by atoms with Gasteiger partial charge in [-0.25, -0.2) is 0 Å². The molecule has 130 valence electrons. The Morgan fingerprint density at radius 3 is 1.78 bits per heavy atom. The summed E-state index contributed by atoms with van der Waals surface area (Å²) < 4.78 is 0. The van der Waals surface area contributed by atoms with Crippen molar-refractivity contribution < 1.29 is 0 Å². The molecule has 23 heavy (non-hydrogen) atoms. The molecule has 0 N–H and O–H groups in total. The van der Waals surface area contributed by atoms with Crippen LogP contribution >= 0.6 is 0 Å². The third-order valence-corrected chi connectivity index (χ3v) is 6.18. The molecule has 0 heterocycles. The minimum Gasteiger partial charge on any atom is -0.103 e. The summed E-state index contributed by atoms with van der Waals surface area (Å²) in [6.45, 7) is 6.00. The normalized spacial score (nSPS) is 32.6. The number of hydrogen-bond acceptors (Lipinski definition) is 0. The van der Waals surface area contributed by atoms with E-state index in [0.29, 0.717) is 0 Å². The van der Waals surface area contributed by atoms with Gasteiger partial charge in [0, 0.05) is 0 Å². The van der Waals surface area contributed by atoms with Gasteiger partial charge in [-0.15, -0.1) is 6.58 Å². The molecule has 0 bridgehead atoms. The van der Waals surface area contributed by atoms with Gasteiger partial charge < -0.3 is 0 Å². The van der Waals surface area contributed by atoms with Crippen molar-refractivity contribution in [1.29, 1.82) is 0 Å². The fourth-order valence-corrected chi connectivity index (χ4v) is 4.59. The van der Waals surface area contributed by atoms with E-state index < -0.39 is 0 Å². The van der Waals surface area contributed by atoms with Crippen molar-refractivity contribution in [3.05, 3.63) is 37.0 Å². The average molecular weight is 315 g/mol. The van der Waals surface area contributed by atoms with Crippen molar-refractivity contribution in [1.82, 2.24) is 0 Å². The van der Waals surface area contributed by atoms with Gasteiger partial charge in [-0.2, -0.15) is 0 Å². The summed E-state index contributed by atoms with van der Waals surface area (Å²) in [5.74, 6) is 3.73. The second-order valence-electron chi connectivity index (χ2n) is 7.96. The maximum absolute atomic E-state index is 3.85. The first-order valence-corrected chi connectivity index (χ1v) is 10.2. The molecule has 0 aromatic carbocycles. The first kappa shape index (κ1) is 18.6. The van der Waals surface area contributed by atoms with E-state index in [1.54, 1.807) is 0 Å². The monoisotopic (exact) mass is 314 g/mol. The minimum absolute atomic E-state index is 0.862. The van der Waals surface area contributed by atoms with Crippen LogP contribution in [-0.2, 0) is 0 Å². The van der Waals surface area contributed by atoms with E-state index in [1.165, 1.54) is 77.0 Å². The molecule has 0 heteroatoms. The van der Waals surface area contributed by atoms with Crippen LogP contribution in [0.3, 0.4) is 0 Å². The van der Waals surface area contributed by atoms with Gasteiger partial charge in [0.2, 0.25) is 0 Å². The molecule has 2 rings (SSSR count).